The van der Waals surface area contributed by atoms with Crippen LogP contribution < -0.4 is 4.90 Å². The lowest BCUT2D eigenvalue weighted by atomic mass is 9.82. The number of hydrogen-bond acceptors (Lipinski definition) is 6. The zero-order chi connectivity index (χ0) is 28.8. The van der Waals surface area contributed by atoms with Crippen molar-refractivity contribution in [1.82, 2.24) is 14.6 Å². The number of aliphatic carboxylic acids is 1. The van der Waals surface area contributed by atoms with Gasteiger partial charge in [-0.1, -0.05) is 26.0 Å². The van der Waals surface area contributed by atoms with Crippen molar-refractivity contribution in [3.8, 4) is 11.6 Å². The van der Waals surface area contributed by atoms with Crippen LogP contribution in [0, 0.1) is 18.2 Å². The van der Waals surface area contributed by atoms with Gasteiger partial charge in [-0.2, -0.15) is 5.10 Å². The molecule has 1 saturated heterocycles. The molecule has 40 heavy (non-hydrogen) atoms. The summed E-state index contributed by atoms with van der Waals surface area (Å²) >= 11 is 0. The Morgan fingerprint density at radius 1 is 1.20 bits per heavy atom. The van der Waals surface area contributed by atoms with Crippen LogP contribution in [0.25, 0.3) is 17.1 Å². The smallest absolute Gasteiger partial charge is 0.337 e. The molecule has 0 spiro atoms. The van der Waals surface area contributed by atoms with Crippen LogP contribution in [0.5, 0.6) is 0 Å². The molecule has 1 N–H and O–H groups in total. The number of nitrogens with zero attached hydrogens (tertiary/aromatic N) is 4. The number of aryl methyl sites for hydroxylation is 1. The van der Waals surface area contributed by atoms with E-state index in [1.165, 1.54) is 12.1 Å². The van der Waals surface area contributed by atoms with E-state index in [4.69, 9.17) is 14.3 Å². The van der Waals surface area contributed by atoms with Crippen LogP contribution in [-0.4, -0.2) is 44.4 Å². The second-order valence-corrected chi connectivity index (χ2v) is 12.5. The third-order valence-corrected chi connectivity index (χ3v) is 7.43. The Morgan fingerprint density at radius 2 is 1.88 bits per heavy atom. The van der Waals surface area contributed by atoms with Gasteiger partial charge >= 0.3 is 5.97 Å². The molecule has 1 aliphatic heterocycles. The monoisotopic (exact) mass is 548 g/mol. The Bertz CT molecular complexity index is 1520. The highest BCUT2D eigenvalue weighted by atomic mass is 19.1. The number of aromatic nitrogens is 3. The third-order valence-electron chi connectivity index (χ3n) is 7.43. The van der Waals surface area contributed by atoms with Gasteiger partial charge < -0.3 is 19.2 Å². The first-order chi connectivity index (χ1) is 18.8. The van der Waals surface area contributed by atoms with E-state index in [0.29, 0.717) is 29.3 Å². The number of carbonyl (C=O) groups is 1. The lowest BCUT2D eigenvalue weighted by Gasteiger charge is -2.40. The van der Waals surface area contributed by atoms with Gasteiger partial charge in [0.1, 0.15) is 17.3 Å². The summed E-state index contributed by atoms with van der Waals surface area (Å²) in [6, 6.07) is 8.19. The quantitative estimate of drug-likeness (QED) is 0.278. The second kappa shape index (κ2) is 10.4. The van der Waals surface area contributed by atoms with Gasteiger partial charge in [-0.15, -0.1) is 0 Å². The molecule has 3 aromatic heterocycles. The van der Waals surface area contributed by atoms with Crippen molar-refractivity contribution in [3.05, 3.63) is 71.0 Å². The normalized spacial score (nSPS) is 16.4. The van der Waals surface area contributed by atoms with E-state index in [0.717, 1.165) is 48.3 Å². The predicted molar refractivity (Wildman–Crippen MR) is 151 cm³/mol. The summed E-state index contributed by atoms with van der Waals surface area (Å²) in [5, 5.41) is 15.1. The van der Waals surface area contributed by atoms with Gasteiger partial charge in [-0.25, -0.2) is 18.7 Å². The van der Waals surface area contributed by atoms with E-state index >= 15 is 0 Å². The molecule has 1 aromatic carbocycles. The van der Waals surface area contributed by atoms with Crippen molar-refractivity contribution < 1.29 is 23.4 Å². The van der Waals surface area contributed by atoms with Crippen LogP contribution in [0.1, 0.15) is 76.0 Å². The van der Waals surface area contributed by atoms with E-state index in [-0.39, 0.29) is 11.2 Å². The number of fused-ring (bicyclic) bond motifs is 1. The first-order valence-corrected chi connectivity index (χ1v) is 13.7. The van der Waals surface area contributed by atoms with E-state index in [1.807, 2.05) is 40.0 Å². The Morgan fingerprint density at radius 3 is 2.50 bits per heavy atom. The molecule has 9 heteroatoms. The summed E-state index contributed by atoms with van der Waals surface area (Å²) in [7, 11) is 0. The molecule has 1 aliphatic rings. The number of carboxylic acids is 1. The number of piperidine rings is 1. The van der Waals surface area contributed by atoms with Gasteiger partial charge in [0.2, 0.25) is 5.89 Å². The van der Waals surface area contributed by atoms with Crippen molar-refractivity contribution in [2.24, 2.45) is 5.41 Å². The van der Waals surface area contributed by atoms with Crippen molar-refractivity contribution in [3.63, 3.8) is 0 Å². The van der Waals surface area contributed by atoms with Crippen LogP contribution in [0.15, 0.2) is 47.1 Å². The van der Waals surface area contributed by atoms with Gasteiger partial charge in [-0.05, 0) is 75.3 Å². The molecule has 212 valence electrons. The summed E-state index contributed by atoms with van der Waals surface area (Å²) in [5.41, 5.74) is 4.04. The lowest BCUT2D eigenvalue weighted by Crippen LogP contribution is -2.39. The minimum Gasteiger partial charge on any atom is -0.479 e. The van der Waals surface area contributed by atoms with Crippen LogP contribution in [0.4, 0.5) is 10.1 Å². The molecule has 0 amide bonds. The van der Waals surface area contributed by atoms with Crippen molar-refractivity contribution >= 4 is 17.2 Å². The molecule has 8 nitrogen and oxygen atoms in total. The van der Waals surface area contributed by atoms with Gasteiger partial charge in [0.15, 0.2) is 6.10 Å². The molecular weight excluding hydrogens is 511 g/mol. The minimum atomic E-state index is -1.14. The maximum atomic E-state index is 13.3. The molecule has 1 unspecified atom stereocenters. The zero-order valence-corrected chi connectivity index (χ0v) is 24.0. The molecule has 1 atom stereocenters. The molecule has 4 heterocycles. The fraction of sp³-hybridized carbons (Fsp3) is 0.452. The van der Waals surface area contributed by atoms with Crippen molar-refractivity contribution in [2.75, 3.05) is 18.0 Å². The first-order valence-electron chi connectivity index (χ1n) is 13.7. The molecule has 0 saturated carbocycles. The highest BCUT2D eigenvalue weighted by molar-refractivity contribution is 5.86. The van der Waals surface area contributed by atoms with Crippen LogP contribution in [-0.2, 0) is 16.0 Å². The van der Waals surface area contributed by atoms with Gasteiger partial charge in [0.05, 0.1) is 23.0 Å². The highest BCUT2D eigenvalue weighted by Gasteiger charge is 2.35. The number of ether oxygens (including phenoxy) is 1. The topological polar surface area (TPSA) is 93.1 Å². The Kier molecular flexibility index (Phi) is 7.20. The fourth-order valence-electron chi connectivity index (χ4n) is 5.25. The number of anilines is 1. The maximum Gasteiger partial charge on any atom is 0.337 e. The lowest BCUT2D eigenvalue weighted by molar-refractivity contribution is -0.160. The van der Waals surface area contributed by atoms with E-state index in [2.05, 4.69) is 23.7 Å². The first kappa shape index (κ1) is 27.8. The minimum absolute atomic E-state index is 0.218. The molecule has 4 aromatic rings. The number of hydrogen-bond donors (Lipinski definition) is 1. The summed E-state index contributed by atoms with van der Waals surface area (Å²) < 4.78 is 27.3. The van der Waals surface area contributed by atoms with Crippen molar-refractivity contribution in [1.29, 1.82) is 0 Å². The average Bonchev–Trinajstić information content (AvgIpc) is 3.50. The number of pyridine rings is 1. The average molecular weight is 549 g/mol. The Balaban J connectivity index is 1.59. The van der Waals surface area contributed by atoms with Crippen LogP contribution in [0.3, 0.4) is 0 Å². The van der Waals surface area contributed by atoms with E-state index in [9.17, 15) is 14.3 Å². The Labute approximate surface area is 233 Å². The maximum absolute atomic E-state index is 13.3. The van der Waals surface area contributed by atoms with Gasteiger partial charge in [-0.3, -0.25) is 0 Å². The molecule has 1 fully saturated rings. The van der Waals surface area contributed by atoms with Gasteiger partial charge in [0, 0.05) is 31.3 Å². The molecular formula is C31H37FN4O4. The van der Waals surface area contributed by atoms with E-state index < -0.39 is 17.7 Å². The molecule has 0 radical (unpaired) electrons. The summed E-state index contributed by atoms with van der Waals surface area (Å²) in [4.78, 5) is 19.3. The summed E-state index contributed by atoms with van der Waals surface area (Å²) in [6.45, 7) is 13.6. The number of oxazole rings is 1. The Hall–Kier alpha value is -3.72. The number of benzene rings is 1. The van der Waals surface area contributed by atoms with Crippen LogP contribution >= 0.6 is 0 Å². The number of halogens is 1. The standard InChI is InChI=1S/C31H37FN4O4/c1-19-18-36-24(16-23(34-36)28-33-17-22(39-28)15-20-7-9-21(32)10-8-20)26(35-13-11-31(5,6)12-14-35)25(19)27(29(37)38)40-30(2,3)4/h7-10,16-18,27H,11-15H2,1-6H3,(H,37,38). The molecule has 5 rings (SSSR count). The van der Waals surface area contributed by atoms with Crippen molar-refractivity contribution in [2.45, 2.75) is 72.5 Å². The van der Waals surface area contributed by atoms with Crippen LogP contribution in [0.2, 0.25) is 0 Å². The molecule has 0 bridgehead atoms. The summed E-state index contributed by atoms with van der Waals surface area (Å²) in [5.74, 6) is -0.309. The number of carboxylic acid groups (broad SMARTS) is 1. The fourth-order valence-corrected chi connectivity index (χ4v) is 5.25. The molecule has 0 aliphatic carbocycles. The summed E-state index contributed by atoms with van der Waals surface area (Å²) in [6.07, 6.45) is 4.80. The highest BCUT2D eigenvalue weighted by Crippen LogP contribution is 2.41. The largest absolute Gasteiger partial charge is 0.479 e. The number of rotatable bonds is 7. The SMILES string of the molecule is Cc1cn2nc(-c3ncc(Cc4ccc(F)cc4)o3)cc2c(N2CCC(C)(C)CC2)c1C(OC(C)(C)C)C(=O)O. The van der Waals surface area contributed by atoms with Gasteiger partial charge in [0.25, 0.3) is 0 Å². The zero-order valence-electron chi connectivity index (χ0n) is 24.0. The predicted octanol–water partition coefficient (Wildman–Crippen LogP) is 6.59. The van der Waals surface area contributed by atoms with E-state index in [1.54, 1.807) is 22.8 Å². The third kappa shape index (κ3) is 5.89. The second-order valence-electron chi connectivity index (χ2n) is 12.5.